The van der Waals surface area contributed by atoms with Gasteiger partial charge in [0.1, 0.15) is 5.75 Å². The second-order valence-corrected chi connectivity index (χ2v) is 12.3. The fraction of sp³-hybridized carbons (Fsp3) is 0.257. The Kier molecular flexibility index (Phi) is 9.65. The number of fused-ring (bicyclic) bond motifs is 1. The highest BCUT2D eigenvalue weighted by Crippen LogP contribution is 2.34. The molecule has 0 spiro atoms. The van der Waals surface area contributed by atoms with Gasteiger partial charge in [-0.3, -0.25) is 19.7 Å². The first kappa shape index (κ1) is 32.6. The summed E-state index contributed by atoms with van der Waals surface area (Å²) in [4.78, 5) is 51.5. The van der Waals surface area contributed by atoms with Crippen molar-refractivity contribution in [3.8, 4) is 22.7 Å². The number of phenols is 1. The lowest BCUT2D eigenvalue weighted by Crippen LogP contribution is -2.34. The van der Waals surface area contributed by atoms with Gasteiger partial charge >= 0.3 is 0 Å². The van der Waals surface area contributed by atoms with Crippen LogP contribution in [0.5, 0.6) is 5.75 Å². The molecular weight excluding hydrogens is 632 g/mol. The van der Waals surface area contributed by atoms with Crippen molar-refractivity contribution in [3.05, 3.63) is 95.4 Å². The van der Waals surface area contributed by atoms with E-state index in [0.717, 1.165) is 19.3 Å². The van der Waals surface area contributed by atoms with Crippen LogP contribution in [0.25, 0.3) is 28.0 Å². The zero-order valence-electron chi connectivity index (χ0n) is 26.6. The summed E-state index contributed by atoms with van der Waals surface area (Å²) in [7, 11) is 3.90. The molecule has 0 bridgehead atoms. The number of hydrogen-bond acceptors (Lipinski definition) is 8. The third kappa shape index (κ3) is 6.85. The number of para-hydroxylation sites is 1. The monoisotopic (exact) mass is 666 g/mol. The number of likely N-dealkylation sites (N-methyl/N-ethyl adjacent to an activating group) is 1. The number of aromatic hydroxyl groups is 1. The van der Waals surface area contributed by atoms with Gasteiger partial charge < -0.3 is 19.5 Å². The van der Waals surface area contributed by atoms with Gasteiger partial charge in [0.15, 0.2) is 12.1 Å². The lowest BCUT2D eigenvalue weighted by molar-refractivity contribution is -0.126. The molecule has 0 aliphatic carbocycles. The highest BCUT2D eigenvalue weighted by Gasteiger charge is 2.27. The number of benzene rings is 2. The molecule has 0 radical (unpaired) electrons. The molecular formula is C35H35ClN8O4. The van der Waals surface area contributed by atoms with Gasteiger partial charge in [0.05, 0.1) is 33.9 Å². The number of pyridine rings is 1. The molecule has 0 saturated carbocycles. The van der Waals surface area contributed by atoms with Crippen LogP contribution >= 0.6 is 11.6 Å². The zero-order valence-corrected chi connectivity index (χ0v) is 27.3. The van der Waals surface area contributed by atoms with Crippen LogP contribution in [0, 0.1) is 0 Å². The van der Waals surface area contributed by atoms with Crippen molar-refractivity contribution in [2.45, 2.75) is 25.3 Å². The first-order valence-corrected chi connectivity index (χ1v) is 16.0. The number of carbonyl (C=O) groups is 3. The predicted molar refractivity (Wildman–Crippen MR) is 184 cm³/mol. The number of anilines is 1. The average molecular weight is 667 g/mol. The summed E-state index contributed by atoms with van der Waals surface area (Å²) in [6, 6.07) is 13.3. The Balaban J connectivity index is 1.29. The minimum atomic E-state index is -0.414. The third-order valence-electron chi connectivity index (χ3n) is 8.28. The molecule has 5 aromatic rings. The Morgan fingerprint density at radius 2 is 1.98 bits per heavy atom. The SMILES string of the molecule is CN(C)C/C=C/C(=O)N1CCCC[C@@H](n2c(NC(=O)c3ccnc(-n4cc(-c5cccc(O)c5C=O)cn4)c3)nc3cccc(Cl)c32)C1. The first-order chi connectivity index (χ1) is 23.2. The molecule has 6 rings (SSSR count). The molecule has 1 aliphatic rings. The quantitative estimate of drug-likeness (QED) is 0.158. The summed E-state index contributed by atoms with van der Waals surface area (Å²) in [5.41, 5.74) is 2.91. The number of imidazole rings is 1. The normalized spacial score (nSPS) is 15.2. The van der Waals surface area contributed by atoms with E-state index in [1.54, 1.807) is 48.8 Å². The minimum Gasteiger partial charge on any atom is -0.507 e. The fourth-order valence-corrected chi connectivity index (χ4v) is 6.19. The van der Waals surface area contributed by atoms with Crippen LogP contribution in [0.3, 0.4) is 0 Å². The van der Waals surface area contributed by atoms with E-state index in [1.807, 2.05) is 46.7 Å². The lowest BCUT2D eigenvalue weighted by Gasteiger charge is -2.26. The number of rotatable bonds is 9. The van der Waals surface area contributed by atoms with E-state index in [9.17, 15) is 19.5 Å². The summed E-state index contributed by atoms with van der Waals surface area (Å²) in [5.74, 6) is 0.110. The molecule has 48 heavy (non-hydrogen) atoms. The summed E-state index contributed by atoms with van der Waals surface area (Å²) in [6.07, 6.45) is 11.3. The van der Waals surface area contributed by atoms with Crippen LogP contribution < -0.4 is 5.32 Å². The highest BCUT2D eigenvalue weighted by molar-refractivity contribution is 6.35. The maximum Gasteiger partial charge on any atom is 0.258 e. The number of carbonyl (C=O) groups excluding carboxylic acids is 3. The number of amides is 2. The van der Waals surface area contributed by atoms with Crippen molar-refractivity contribution in [2.75, 3.05) is 39.0 Å². The molecule has 12 nitrogen and oxygen atoms in total. The maximum atomic E-state index is 13.8. The number of aldehydes is 1. The smallest absolute Gasteiger partial charge is 0.258 e. The van der Waals surface area contributed by atoms with E-state index in [1.165, 1.54) is 16.9 Å². The van der Waals surface area contributed by atoms with Crippen LogP contribution in [0.2, 0.25) is 5.02 Å². The third-order valence-corrected chi connectivity index (χ3v) is 8.58. The summed E-state index contributed by atoms with van der Waals surface area (Å²) < 4.78 is 3.44. The molecule has 1 saturated heterocycles. The zero-order chi connectivity index (χ0) is 33.8. The van der Waals surface area contributed by atoms with Gasteiger partial charge in [0.25, 0.3) is 5.91 Å². The van der Waals surface area contributed by atoms with Crippen molar-refractivity contribution in [1.29, 1.82) is 0 Å². The van der Waals surface area contributed by atoms with E-state index < -0.39 is 5.91 Å². The lowest BCUT2D eigenvalue weighted by atomic mass is 10.0. The number of nitrogens with one attached hydrogen (secondary N) is 1. The van der Waals surface area contributed by atoms with Gasteiger partial charge in [-0.1, -0.05) is 35.9 Å². The molecule has 0 unspecified atom stereocenters. The van der Waals surface area contributed by atoms with Gasteiger partial charge in [0.2, 0.25) is 11.9 Å². The average Bonchev–Trinajstić information content (AvgIpc) is 3.63. The van der Waals surface area contributed by atoms with Gasteiger partial charge in [-0.05, 0) is 69.3 Å². The molecule has 246 valence electrons. The topological polar surface area (TPSA) is 138 Å². The van der Waals surface area contributed by atoms with Gasteiger partial charge in [-0.2, -0.15) is 5.10 Å². The second kappa shape index (κ2) is 14.2. The van der Waals surface area contributed by atoms with E-state index in [0.29, 0.717) is 70.4 Å². The largest absolute Gasteiger partial charge is 0.507 e. The van der Waals surface area contributed by atoms with E-state index >= 15 is 0 Å². The Labute approximate surface area is 282 Å². The van der Waals surface area contributed by atoms with Gasteiger partial charge in [-0.15, -0.1) is 0 Å². The van der Waals surface area contributed by atoms with Crippen LogP contribution in [-0.4, -0.2) is 91.1 Å². The van der Waals surface area contributed by atoms with Crippen molar-refractivity contribution in [1.82, 2.24) is 34.1 Å². The van der Waals surface area contributed by atoms with E-state index in [-0.39, 0.29) is 23.3 Å². The van der Waals surface area contributed by atoms with Crippen molar-refractivity contribution >= 4 is 46.7 Å². The predicted octanol–water partition coefficient (Wildman–Crippen LogP) is 5.38. The number of nitrogens with zero attached hydrogens (tertiary/aromatic N) is 7. The molecule has 1 fully saturated rings. The van der Waals surface area contributed by atoms with Crippen LogP contribution in [0.15, 0.2) is 79.3 Å². The van der Waals surface area contributed by atoms with Crippen molar-refractivity contribution in [2.24, 2.45) is 0 Å². The molecule has 1 atom stereocenters. The second-order valence-electron chi connectivity index (χ2n) is 11.9. The number of likely N-dealkylation sites (tertiary alicyclic amines) is 1. The Morgan fingerprint density at radius 3 is 2.79 bits per heavy atom. The summed E-state index contributed by atoms with van der Waals surface area (Å²) >= 11 is 6.73. The number of hydrogen-bond donors (Lipinski definition) is 2. The van der Waals surface area contributed by atoms with Crippen molar-refractivity contribution < 1.29 is 19.5 Å². The number of phenolic OH excluding ortho intramolecular Hbond substituents is 1. The minimum absolute atomic E-state index is 0.0533. The molecule has 2 N–H and O–H groups in total. The van der Waals surface area contributed by atoms with E-state index in [4.69, 9.17) is 16.6 Å². The van der Waals surface area contributed by atoms with Crippen LogP contribution in [0.1, 0.15) is 46.0 Å². The van der Waals surface area contributed by atoms with Gasteiger partial charge in [0, 0.05) is 49.2 Å². The standard InChI is InChI=1S/C35H35ClN8O4/c1-41(2)16-7-13-32(47)42-17-4-3-8-25(21-42)44-33-28(36)10-6-11-29(33)39-35(44)40-34(48)23-14-15-37-31(18-23)43-20-24(19-38-43)26-9-5-12-30(46)27(26)22-45/h5-7,9-15,18-20,22,25,46H,3-4,8,16-17,21H2,1-2H3,(H,39,40,48)/b13-7+/t25-/m1/s1. The van der Waals surface area contributed by atoms with Crippen molar-refractivity contribution in [3.63, 3.8) is 0 Å². The Bertz CT molecular complexity index is 2020. The summed E-state index contributed by atoms with van der Waals surface area (Å²) in [6.45, 7) is 1.75. The maximum absolute atomic E-state index is 13.8. The molecule has 2 amide bonds. The first-order valence-electron chi connectivity index (χ1n) is 15.6. The number of halogens is 1. The molecule has 1 aliphatic heterocycles. The summed E-state index contributed by atoms with van der Waals surface area (Å²) in [5, 5.41) is 18.0. The van der Waals surface area contributed by atoms with Crippen LogP contribution in [-0.2, 0) is 4.79 Å². The highest BCUT2D eigenvalue weighted by atomic mass is 35.5. The molecule has 3 aromatic heterocycles. The number of aromatic nitrogens is 5. The fourth-order valence-electron chi connectivity index (χ4n) is 5.92. The van der Waals surface area contributed by atoms with Crippen LogP contribution in [0.4, 0.5) is 5.95 Å². The van der Waals surface area contributed by atoms with Gasteiger partial charge in [-0.25, -0.2) is 14.6 Å². The Hall–Kier alpha value is -5.33. The molecule has 4 heterocycles. The molecule has 2 aromatic carbocycles. The molecule has 13 heteroatoms. The Morgan fingerprint density at radius 1 is 1.15 bits per heavy atom. The van der Waals surface area contributed by atoms with E-state index in [2.05, 4.69) is 15.4 Å².